The minimum Gasteiger partial charge on any atom is -0.440 e. The van der Waals surface area contributed by atoms with E-state index in [1.54, 1.807) is 0 Å². The standard InChI is InChI=1S/C7H9NO2/c1-5(2)7-6(3-9)10-4-8-7/h3-5H,1-2H3. The van der Waals surface area contributed by atoms with Gasteiger partial charge in [-0.15, -0.1) is 0 Å². The fourth-order valence-electron chi connectivity index (χ4n) is 0.786. The van der Waals surface area contributed by atoms with Crippen molar-refractivity contribution in [2.75, 3.05) is 0 Å². The largest absolute Gasteiger partial charge is 0.440 e. The first-order chi connectivity index (χ1) is 4.75. The second kappa shape index (κ2) is 2.64. The van der Waals surface area contributed by atoms with Crippen LogP contribution in [0.3, 0.4) is 0 Å². The van der Waals surface area contributed by atoms with E-state index in [-0.39, 0.29) is 5.92 Å². The Balaban J connectivity index is 3.01. The highest BCUT2D eigenvalue weighted by Gasteiger charge is 2.09. The van der Waals surface area contributed by atoms with E-state index < -0.39 is 0 Å². The molecule has 3 heteroatoms. The molecule has 0 amide bonds. The molecule has 0 aliphatic carbocycles. The van der Waals surface area contributed by atoms with Crippen LogP contribution in [0.15, 0.2) is 10.8 Å². The maximum Gasteiger partial charge on any atom is 0.190 e. The molecule has 0 N–H and O–H groups in total. The van der Waals surface area contributed by atoms with Crippen molar-refractivity contribution < 1.29 is 9.21 Å². The third kappa shape index (κ3) is 1.07. The molecule has 0 radical (unpaired) electrons. The number of hydrogen-bond acceptors (Lipinski definition) is 3. The summed E-state index contributed by atoms with van der Waals surface area (Å²) in [5.41, 5.74) is 0.731. The molecule has 0 fully saturated rings. The molecule has 0 spiro atoms. The molecule has 10 heavy (non-hydrogen) atoms. The van der Waals surface area contributed by atoms with Crippen molar-refractivity contribution in [1.29, 1.82) is 0 Å². The van der Waals surface area contributed by atoms with E-state index in [4.69, 9.17) is 4.42 Å². The average molecular weight is 139 g/mol. The Labute approximate surface area is 59.1 Å². The van der Waals surface area contributed by atoms with Gasteiger partial charge < -0.3 is 4.42 Å². The highest BCUT2D eigenvalue weighted by atomic mass is 16.3. The maximum absolute atomic E-state index is 10.3. The van der Waals surface area contributed by atoms with Gasteiger partial charge in [0.2, 0.25) is 0 Å². The average Bonchev–Trinajstić information content (AvgIpc) is 2.33. The highest BCUT2D eigenvalue weighted by Crippen LogP contribution is 2.14. The van der Waals surface area contributed by atoms with Crippen molar-refractivity contribution in [2.45, 2.75) is 19.8 Å². The number of hydrogen-bond donors (Lipinski definition) is 0. The predicted octanol–water partition coefficient (Wildman–Crippen LogP) is 1.61. The molecular formula is C7H9NO2. The maximum atomic E-state index is 10.3. The molecule has 0 aromatic carbocycles. The van der Waals surface area contributed by atoms with Crippen LogP contribution in [0.4, 0.5) is 0 Å². The Kier molecular flexibility index (Phi) is 1.85. The summed E-state index contributed by atoms with van der Waals surface area (Å²) < 4.78 is 4.80. The fourth-order valence-corrected chi connectivity index (χ4v) is 0.786. The Hall–Kier alpha value is -1.12. The summed E-state index contributed by atoms with van der Waals surface area (Å²) in [7, 11) is 0. The van der Waals surface area contributed by atoms with E-state index in [9.17, 15) is 4.79 Å². The van der Waals surface area contributed by atoms with Gasteiger partial charge >= 0.3 is 0 Å². The van der Waals surface area contributed by atoms with Gasteiger partial charge in [-0.25, -0.2) is 4.98 Å². The summed E-state index contributed by atoms with van der Waals surface area (Å²) in [5.74, 6) is 0.592. The van der Waals surface area contributed by atoms with Crippen LogP contribution < -0.4 is 0 Å². The third-order valence-corrected chi connectivity index (χ3v) is 1.28. The summed E-state index contributed by atoms with van der Waals surface area (Å²) in [4.78, 5) is 14.1. The van der Waals surface area contributed by atoms with Crippen LogP contribution in [0.25, 0.3) is 0 Å². The smallest absolute Gasteiger partial charge is 0.190 e. The quantitative estimate of drug-likeness (QED) is 0.584. The molecule has 1 aromatic rings. The molecule has 3 nitrogen and oxygen atoms in total. The normalized spacial score (nSPS) is 10.3. The van der Waals surface area contributed by atoms with E-state index >= 15 is 0 Å². The van der Waals surface area contributed by atoms with Gasteiger partial charge in [0.05, 0.1) is 5.69 Å². The molecule has 0 saturated heterocycles. The van der Waals surface area contributed by atoms with Crippen LogP contribution in [0.2, 0.25) is 0 Å². The first-order valence-corrected chi connectivity index (χ1v) is 3.14. The van der Waals surface area contributed by atoms with E-state index in [1.165, 1.54) is 6.39 Å². The molecule has 0 bridgehead atoms. The van der Waals surface area contributed by atoms with Crippen LogP contribution >= 0.6 is 0 Å². The molecular weight excluding hydrogens is 130 g/mol. The van der Waals surface area contributed by atoms with Gasteiger partial charge in [0.1, 0.15) is 0 Å². The number of aldehydes is 1. The highest BCUT2D eigenvalue weighted by molar-refractivity contribution is 5.72. The van der Waals surface area contributed by atoms with Crippen LogP contribution in [0.1, 0.15) is 36.0 Å². The molecule has 0 aliphatic rings. The van der Waals surface area contributed by atoms with Crippen LogP contribution in [0, 0.1) is 0 Å². The van der Waals surface area contributed by atoms with E-state index in [2.05, 4.69) is 4.98 Å². The predicted molar refractivity (Wildman–Crippen MR) is 36.0 cm³/mol. The Morgan fingerprint density at radius 1 is 1.70 bits per heavy atom. The summed E-state index contributed by atoms with van der Waals surface area (Å²) in [6, 6.07) is 0. The van der Waals surface area contributed by atoms with Crippen LogP contribution in [-0.2, 0) is 0 Å². The Morgan fingerprint density at radius 3 is 2.80 bits per heavy atom. The zero-order valence-corrected chi connectivity index (χ0v) is 6.00. The van der Waals surface area contributed by atoms with Crippen LogP contribution in [0.5, 0.6) is 0 Å². The molecule has 0 saturated carbocycles. The van der Waals surface area contributed by atoms with Crippen molar-refractivity contribution in [1.82, 2.24) is 4.98 Å². The number of oxazole rings is 1. The van der Waals surface area contributed by atoms with E-state index in [0.29, 0.717) is 12.0 Å². The summed E-state index contributed by atoms with van der Waals surface area (Å²) in [5, 5.41) is 0. The monoisotopic (exact) mass is 139 g/mol. The van der Waals surface area contributed by atoms with E-state index in [1.807, 2.05) is 13.8 Å². The number of rotatable bonds is 2. The summed E-state index contributed by atoms with van der Waals surface area (Å²) in [6.45, 7) is 3.93. The van der Waals surface area contributed by atoms with Gasteiger partial charge in [0, 0.05) is 0 Å². The fraction of sp³-hybridized carbons (Fsp3) is 0.429. The topological polar surface area (TPSA) is 43.1 Å². The number of carbonyl (C=O) groups is 1. The number of aromatic nitrogens is 1. The third-order valence-electron chi connectivity index (χ3n) is 1.28. The summed E-state index contributed by atoms with van der Waals surface area (Å²) in [6.07, 6.45) is 1.97. The van der Waals surface area contributed by atoms with Crippen molar-refractivity contribution in [2.24, 2.45) is 0 Å². The SMILES string of the molecule is CC(C)c1ncoc1C=O. The number of carbonyl (C=O) groups excluding carboxylic acids is 1. The molecule has 54 valence electrons. The Bertz CT molecular complexity index is 227. The molecule has 0 atom stereocenters. The molecule has 1 heterocycles. The van der Waals surface area contributed by atoms with Crippen LogP contribution in [-0.4, -0.2) is 11.3 Å². The lowest BCUT2D eigenvalue weighted by atomic mass is 10.1. The van der Waals surface area contributed by atoms with Crippen molar-refractivity contribution >= 4 is 6.29 Å². The zero-order valence-electron chi connectivity index (χ0n) is 6.00. The van der Waals surface area contributed by atoms with Gasteiger partial charge in [-0.3, -0.25) is 4.79 Å². The van der Waals surface area contributed by atoms with Crippen molar-refractivity contribution in [3.8, 4) is 0 Å². The number of nitrogens with zero attached hydrogens (tertiary/aromatic N) is 1. The van der Waals surface area contributed by atoms with Crippen molar-refractivity contribution in [3.63, 3.8) is 0 Å². The van der Waals surface area contributed by atoms with Gasteiger partial charge in [0.25, 0.3) is 0 Å². The van der Waals surface area contributed by atoms with Gasteiger partial charge in [-0.2, -0.15) is 0 Å². The summed E-state index contributed by atoms with van der Waals surface area (Å²) >= 11 is 0. The minimum absolute atomic E-state index is 0.249. The minimum atomic E-state index is 0.249. The van der Waals surface area contributed by atoms with E-state index in [0.717, 1.165) is 5.69 Å². The van der Waals surface area contributed by atoms with Gasteiger partial charge in [0.15, 0.2) is 18.4 Å². The lowest BCUT2D eigenvalue weighted by Gasteiger charge is -1.96. The molecule has 1 rings (SSSR count). The van der Waals surface area contributed by atoms with Gasteiger partial charge in [-0.1, -0.05) is 13.8 Å². The second-order valence-corrected chi connectivity index (χ2v) is 2.37. The molecule has 0 aliphatic heterocycles. The lowest BCUT2D eigenvalue weighted by Crippen LogP contribution is -1.91. The first kappa shape index (κ1) is 6.99. The molecule has 0 unspecified atom stereocenters. The molecule has 1 aromatic heterocycles. The second-order valence-electron chi connectivity index (χ2n) is 2.37. The van der Waals surface area contributed by atoms with Crippen molar-refractivity contribution in [3.05, 3.63) is 17.8 Å². The lowest BCUT2D eigenvalue weighted by molar-refractivity contribution is 0.109. The Morgan fingerprint density at radius 2 is 2.40 bits per heavy atom. The van der Waals surface area contributed by atoms with Gasteiger partial charge in [-0.05, 0) is 5.92 Å². The first-order valence-electron chi connectivity index (χ1n) is 3.14. The zero-order chi connectivity index (χ0) is 7.56.